The number of hydrogen-bond donors (Lipinski definition) is 4. The standard InChI is InChI=1S/C21H34N4O2.HI/c1-5-22-21(25-12-18(26)14-27-13-15(2)3)23-10-9-17-11-24-19-8-6-7-16(4)20(17)19;/h6-8,11,15,18,24,26H,5,9-10,12-14H2,1-4H3,(H2,22,23,25);1H. The fourth-order valence-electron chi connectivity index (χ4n) is 2.99. The summed E-state index contributed by atoms with van der Waals surface area (Å²) in [4.78, 5) is 7.81. The molecule has 1 atom stereocenters. The van der Waals surface area contributed by atoms with Gasteiger partial charge in [0.25, 0.3) is 0 Å². The van der Waals surface area contributed by atoms with Crippen LogP contribution in [0.15, 0.2) is 29.4 Å². The van der Waals surface area contributed by atoms with E-state index in [2.05, 4.69) is 65.8 Å². The number of aromatic nitrogens is 1. The highest BCUT2D eigenvalue weighted by Gasteiger charge is 2.08. The van der Waals surface area contributed by atoms with Crippen LogP contribution < -0.4 is 10.6 Å². The van der Waals surface area contributed by atoms with Crippen molar-refractivity contribution in [3.8, 4) is 0 Å². The summed E-state index contributed by atoms with van der Waals surface area (Å²) in [5.41, 5.74) is 3.76. The Morgan fingerprint density at radius 1 is 1.25 bits per heavy atom. The third kappa shape index (κ3) is 7.97. The lowest BCUT2D eigenvalue weighted by Crippen LogP contribution is -2.39. The van der Waals surface area contributed by atoms with Crippen LogP contribution in [0.2, 0.25) is 0 Å². The van der Waals surface area contributed by atoms with E-state index in [0.29, 0.717) is 25.7 Å². The lowest BCUT2D eigenvalue weighted by molar-refractivity contribution is 0.0301. The first-order chi connectivity index (χ1) is 13.0. The highest BCUT2D eigenvalue weighted by molar-refractivity contribution is 14.0. The number of aromatic amines is 1. The predicted octanol–water partition coefficient (Wildman–Crippen LogP) is 3.23. The number of fused-ring (bicyclic) bond motifs is 1. The summed E-state index contributed by atoms with van der Waals surface area (Å²) in [5.74, 6) is 1.19. The average Bonchev–Trinajstić information content (AvgIpc) is 3.04. The number of rotatable bonds is 10. The number of aliphatic hydroxyl groups is 1. The number of benzene rings is 1. The topological polar surface area (TPSA) is 81.7 Å². The van der Waals surface area contributed by atoms with Gasteiger partial charge in [0.1, 0.15) is 0 Å². The van der Waals surface area contributed by atoms with E-state index in [-0.39, 0.29) is 24.0 Å². The molecule has 0 radical (unpaired) electrons. The summed E-state index contributed by atoms with van der Waals surface area (Å²) in [7, 11) is 0. The maximum Gasteiger partial charge on any atom is 0.191 e. The van der Waals surface area contributed by atoms with Crippen LogP contribution in [0.4, 0.5) is 0 Å². The van der Waals surface area contributed by atoms with Crippen LogP contribution in [0.25, 0.3) is 10.9 Å². The monoisotopic (exact) mass is 502 g/mol. The molecule has 0 fully saturated rings. The van der Waals surface area contributed by atoms with Crippen molar-refractivity contribution in [3.63, 3.8) is 0 Å². The SMILES string of the molecule is CCNC(=NCC(O)COCC(C)C)NCCc1c[nH]c2cccc(C)c12.I. The summed E-state index contributed by atoms with van der Waals surface area (Å²) in [6.45, 7) is 11.2. The van der Waals surface area contributed by atoms with E-state index in [1.165, 1.54) is 22.0 Å². The molecule has 1 unspecified atom stereocenters. The molecule has 158 valence electrons. The summed E-state index contributed by atoms with van der Waals surface area (Å²) < 4.78 is 5.47. The van der Waals surface area contributed by atoms with Gasteiger partial charge in [-0.25, -0.2) is 0 Å². The molecule has 0 aliphatic heterocycles. The van der Waals surface area contributed by atoms with Gasteiger partial charge >= 0.3 is 0 Å². The van der Waals surface area contributed by atoms with Crippen molar-refractivity contribution in [2.75, 3.05) is 32.8 Å². The first-order valence-electron chi connectivity index (χ1n) is 9.84. The summed E-state index contributed by atoms with van der Waals surface area (Å²) in [6.07, 6.45) is 2.39. The molecule has 0 bridgehead atoms. The number of nitrogens with zero attached hydrogens (tertiary/aromatic N) is 1. The molecule has 0 saturated heterocycles. The van der Waals surface area contributed by atoms with E-state index >= 15 is 0 Å². The zero-order valence-corrected chi connectivity index (χ0v) is 19.7. The lowest BCUT2D eigenvalue weighted by Gasteiger charge is -2.14. The zero-order valence-electron chi connectivity index (χ0n) is 17.4. The van der Waals surface area contributed by atoms with Crippen molar-refractivity contribution in [3.05, 3.63) is 35.5 Å². The number of ether oxygens (including phenoxy) is 1. The van der Waals surface area contributed by atoms with Gasteiger partial charge in [0, 0.05) is 36.8 Å². The Hall–Kier alpha value is -1.32. The second-order valence-electron chi connectivity index (χ2n) is 7.29. The van der Waals surface area contributed by atoms with Crippen LogP contribution >= 0.6 is 24.0 Å². The summed E-state index contributed by atoms with van der Waals surface area (Å²) >= 11 is 0. The molecule has 0 spiro atoms. The predicted molar refractivity (Wildman–Crippen MR) is 128 cm³/mol. The summed E-state index contributed by atoms with van der Waals surface area (Å²) in [6, 6.07) is 6.32. The van der Waals surface area contributed by atoms with Gasteiger partial charge in [0.05, 0.1) is 19.3 Å². The Morgan fingerprint density at radius 3 is 2.75 bits per heavy atom. The fraction of sp³-hybridized carbons (Fsp3) is 0.571. The normalized spacial score (nSPS) is 12.9. The van der Waals surface area contributed by atoms with Gasteiger partial charge in [-0.05, 0) is 43.4 Å². The maximum atomic E-state index is 10.0. The van der Waals surface area contributed by atoms with E-state index < -0.39 is 6.10 Å². The Morgan fingerprint density at radius 2 is 2.04 bits per heavy atom. The molecule has 2 rings (SSSR count). The van der Waals surface area contributed by atoms with Gasteiger partial charge in [-0.15, -0.1) is 24.0 Å². The average molecular weight is 502 g/mol. The summed E-state index contributed by atoms with van der Waals surface area (Å²) in [5, 5.41) is 17.9. The largest absolute Gasteiger partial charge is 0.389 e. The molecule has 0 aliphatic carbocycles. The van der Waals surface area contributed by atoms with Crippen molar-refractivity contribution < 1.29 is 9.84 Å². The van der Waals surface area contributed by atoms with Crippen LogP contribution in [0.1, 0.15) is 31.9 Å². The van der Waals surface area contributed by atoms with Gasteiger partial charge < -0.3 is 25.5 Å². The minimum Gasteiger partial charge on any atom is -0.389 e. The van der Waals surface area contributed by atoms with Crippen molar-refractivity contribution in [1.29, 1.82) is 0 Å². The first kappa shape index (κ1) is 24.7. The van der Waals surface area contributed by atoms with E-state index in [1.54, 1.807) is 0 Å². The maximum absolute atomic E-state index is 10.0. The third-order valence-corrected chi connectivity index (χ3v) is 4.25. The fourth-order valence-corrected chi connectivity index (χ4v) is 2.99. The van der Waals surface area contributed by atoms with Crippen molar-refractivity contribution in [2.45, 2.75) is 40.2 Å². The van der Waals surface area contributed by atoms with Gasteiger partial charge in [0.15, 0.2) is 5.96 Å². The molecule has 1 heterocycles. The second kappa shape index (κ2) is 13.0. The highest BCUT2D eigenvalue weighted by Crippen LogP contribution is 2.22. The zero-order chi connectivity index (χ0) is 19.6. The molecule has 7 heteroatoms. The smallest absolute Gasteiger partial charge is 0.191 e. The molecular weight excluding hydrogens is 467 g/mol. The molecule has 0 aliphatic rings. The van der Waals surface area contributed by atoms with Crippen LogP contribution in [-0.4, -0.2) is 55.0 Å². The number of guanidine groups is 1. The highest BCUT2D eigenvalue weighted by atomic mass is 127. The van der Waals surface area contributed by atoms with Gasteiger partial charge in [-0.2, -0.15) is 0 Å². The van der Waals surface area contributed by atoms with Crippen LogP contribution in [0.3, 0.4) is 0 Å². The number of nitrogens with one attached hydrogen (secondary N) is 3. The lowest BCUT2D eigenvalue weighted by atomic mass is 10.1. The van der Waals surface area contributed by atoms with Crippen LogP contribution in [-0.2, 0) is 11.2 Å². The molecule has 1 aromatic carbocycles. The van der Waals surface area contributed by atoms with Crippen molar-refractivity contribution in [1.82, 2.24) is 15.6 Å². The second-order valence-corrected chi connectivity index (χ2v) is 7.29. The van der Waals surface area contributed by atoms with E-state index in [4.69, 9.17) is 4.74 Å². The molecule has 4 N–H and O–H groups in total. The number of H-pyrrole nitrogens is 1. The Kier molecular flexibility index (Phi) is 11.5. The number of aliphatic hydroxyl groups excluding tert-OH is 1. The van der Waals surface area contributed by atoms with Crippen molar-refractivity contribution >= 4 is 40.8 Å². The number of hydrogen-bond acceptors (Lipinski definition) is 3. The van der Waals surface area contributed by atoms with E-state index in [9.17, 15) is 5.11 Å². The molecular formula is C21H35IN4O2. The molecule has 0 amide bonds. The third-order valence-electron chi connectivity index (χ3n) is 4.25. The Labute approximate surface area is 185 Å². The van der Waals surface area contributed by atoms with Crippen molar-refractivity contribution in [2.24, 2.45) is 10.9 Å². The van der Waals surface area contributed by atoms with Crippen LogP contribution in [0, 0.1) is 12.8 Å². The minimum absolute atomic E-state index is 0. The Bertz CT molecular complexity index is 730. The van der Waals surface area contributed by atoms with Crippen LogP contribution in [0.5, 0.6) is 0 Å². The number of halogens is 1. The minimum atomic E-state index is -0.588. The van der Waals surface area contributed by atoms with Gasteiger partial charge in [-0.1, -0.05) is 26.0 Å². The number of aryl methyl sites for hydroxylation is 1. The molecule has 2 aromatic rings. The quantitative estimate of drug-likeness (QED) is 0.229. The van der Waals surface area contributed by atoms with E-state index in [1.807, 2.05) is 6.92 Å². The molecule has 6 nitrogen and oxygen atoms in total. The van der Waals surface area contributed by atoms with Gasteiger partial charge in [-0.3, -0.25) is 4.99 Å². The van der Waals surface area contributed by atoms with E-state index in [0.717, 1.165) is 25.5 Å². The Balaban J connectivity index is 0.00000392. The molecule has 0 saturated carbocycles. The molecule has 1 aromatic heterocycles. The number of aliphatic imine (C=N–C) groups is 1. The first-order valence-corrected chi connectivity index (χ1v) is 9.84. The molecule has 28 heavy (non-hydrogen) atoms. The van der Waals surface area contributed by atoms with Gasteiger partial charge in [0.2, 0.25) is 0 Å².